The third-order valence-corrected chi connectivity index (χ3v) is 7.51. The molecule has 10 heteroatoms. The zero-order valence-electron chi connectivity index (χ0n) is 17.3. The molecule has 2 aliphatic rings. The lowest BCUT2D eigenvalue weighted by molar-refractivity contribution is -0.130. The Morgan fingerprint density at radius 3 is 2.66 bits per heavy atom. The zero-order chi connectivity index (χ0) is 21.3. The maximum atomic E-state index is 12.6. The van der Waals surface area contributed by atoms with E-state index in [0.717, 1.165) is 31.9 Å². The first-order valence-corrected chi connectivity index (χ1v) is 12.4. The molecule has 29 heavy (non-hydrogen) atoms. The molecule has 3 rings (SSSR count). The van der Waals surface area contributed by atoms with E-state index in [-0.39, 0.29) is 35.3 Å². The summed E-state index contributed by atoms with van der Waals surface area (Å²) in [7, 11) is -3.47. The number of nitrogens with one attached hydrogen (secondary N) is 2. The zero-order valence-corrected chi connectivity index (χ0v) is 18.9. The van der Waals surface area contributed by atoms with Crippen LogP contribution in [-0.4, -0.2) is 54.1 Å². The van der Waals surface area contributed by atoms with Crippen LogP contribution in [0.2, 0.25) is 0 Å². The number of hydrogen-bond donors (Lipinski definition) is 2. The average Bonchev–Trinajstić information content (AvgIpc) is 2.60. The minimum absolute atomic E-state index is 0.0374. The molecule has 5 atom stereocenters. The Morgan fingerprint density at radius 2 is 2.00 bits per heavy atom. The van der Waals surface area contributed by atoms with Gasteiger partial charge in [0.1, 0.15) is 5.82 Å². The molecular formula is C19H30ClN5O3S. The van der Waals surface area contributed by atoms with E-state index in [0.29, 0.717) is 17.7 Å². The minimum Gasteiger partial charge on any atom is -0.353 e. The highest BCUT2D eigenvalue weighted by atomic mass is 35.5. The van der Waals surface area contributed by atoms with Crippen molar-refractivity contribution < 1.29 is 13.2 Å². The SMILES string of the molecule is CC(C)N(c1ccnc(N[C@@H](C)C2CC3CC(Cl)CCC3NC2=O)n1)S(C)(=O)=O. The number of aromatic nitrogens is 2. The van der Waals surface area contributed by atoms with Gasteiger partial charge in [-0.25, -0.2) is 13.4 Å². The number of sulfonamides is 1. The Balaban J connectivity index is 1.73. The number of alkyl halides is 1. The molecule has 1 aliphatic heterocycles. The number of fused-ring (bicyclic) bond motifs is 1. The summed E-state index contributed by atoms with van der Waals surface area (Å²) in [4.78, 5) is 21.3. The van der Waals surface area contributed by atoms with Crippen molar-refractivity contribution in [3.8, 4) is 0 Å². The number of halogens is 1. The summed E-state index contributed by atoms with van der Waals surface area (Å²) in [6.07, 6.45) is 6.24. The molecular weight excluding hydrogens is 414 g/mol. The van der Waals surface area contributed by atoms with Crippen LogP contribution in [0.5, 0.6) is 0 Å². The first-order chi connectivity index (χ1) is 13.6. The number of carbonyl (C=O) groups excluding carboxylic acids is 1. The van der Waals surface area contributed by atoms with E-state index in [4.69, 9.17) is 11.6 Å². The Morgan fingerprint density at radius 1 is 1.28 bits per heavy atom. The molecule has 162 valence electrons. The molecule has 2 fully saturated rings. The normalized spacial score (nSPS) is 28.4. The molecule has 1 aromatic heterocycles. The fourth-order valence-electron chi connectivity index (χ4n) is 4.47. The van der Waals surface area contributed by atoms with Crippen molar-refractivity contribution in [1.29, 1.82) is 0 Å². The molecule has 1 aliphatic carbocycles. The van der Waals surface area contributed by atoms with Gasteiger partial charge in [-0.15, -0.1) is 11.6 Å². The van der Waals surface area contributed by atoms with Crippen molar-refractivity contribution in [3.05, 3.63) is 12.3 Å². The lowest BCUT2D eigenvalue weighted by Gasteiger charge is -2.42. The molecule has 1 aromatic rings. The van der Waals surface area contributed by atoms with Crippen LogP contribution in [-0.2, 0) is 14.8 Å². The molecule has 2 heterocycles. The number of amides is 1. The minimum atomic E-state index is -3.47. The third-order valence-electron chi connectivity index (χ3n) is 5.79. The van der Waals surface area contributed by atoms with Crippen LogP contribution in [0.3, 0.4) is 0 Å². The first-order valence-electron chi connectivity index (χ1n) is 10.1. The van der Waals surface area contributed by atoms with Gasteiger partial charge in [-0.05, 0) is 52.4 Å². The smallest absolute Gasteiger partial charge is 0.233 e. The van der Waals surface area contributed by atoms with Crippen LogP contribution in [0.4, 0.5) is 11.8 Å². The van der Waals surface area contributed by atoms with E-state index in [9.17, 15) is 13.2 Å². The highest BCUT2D eigenvalue weighted by Crippen LogP contribution is 2.36. The maximum absolute atomic E-state index is 12.6. The van der Waals surface area contributed by atoms with Gasteiger partial charge in [-0.1, -0.05) is 0 Å². The van der Waals surface area contributed by atoms with Gasteiger partial charge in [0.25, 0.3) is 0 Å². The van der Waals surface area contributed by atoms with Gasteiger partial charge < -0.3 is 10.6 Å². The van der Waals surface area contributed by atoms with Crippen LogP contribution in [0.1, 0.15) is 46.5 Å². The molecule has 1 saturated heterocycles. The average molecular weight is 444 g/mol. The molecule has 8 nitrogen and oxygen atoms in total. The van der Waals surface area contributed by atoms with E-state index in [1.54, 1.807) is 19.9 Å². The number of nitrogens with zero attached hydrogens (tertiary/aromatic N) is 3. The lowest BCUT2D eigenvalue weighted by atomic mass is 9.74. The molecule has 1 saturated carbocycles. The van der Waals surface area contributed by atoms with Crippen LogP contribution in [0, 0.1) is 11.8 Å². The summed E-state index contributed by atoms with van der Waals surface area (Å²) >= 11 is 6.34. The van der Waals surface area contributed by atoms with Crippen molar-refractivity contribution in [1.82, 2.24) is 15.3 Å². The topological polar surface area (TPSA) is 104 Å². The standard InChI is InChI=1S/C19H30ClN5O3S/c1-11(2)25(29(4,27)28)17-7-8-21-19(24-17)22-12(3)15-10-13-9-14(20)5-6-16(13)23-18(15)26/h7-8,11-16H,5-6,9-10H2,1-4H3,(H,23,26)(H,21,22,24)/t12-,13?,14?,15?,16?/m0/s1. The number of rotatable bonds is 6. The highest BCUT2D eigenvalue weighted by molar-refractivity contribution is 7.92. The van der Waals surface area contributed by atoms with Gasteiger partial charge in [0, 0.05) is 35.8 Å². The summed E-state index contributed by atoms with van der Waals surface area (Å²) in [5.74, 6) is 0.805. The van der Waals surface area contributed by atoms with E-state index >= 15 is 0 Å². The van der Waals surface area contributed by atoms with Crippen molar-refractivity contribution in [2.45, 2.75) is 70.0 Å². The van der Waals surface area contributed by atoms with Gasteiger partial charge in [0.15, 0.2) is 0 Å². The van der Waals surface area contributed by atoms with Crippen LogP contribution in [0.25, 0.3) is 0 Å². The summed E-state index contributed by atoms with van der Waals surface area (Å²) in [5, 5.41) is 6.53. The lowest BCUT2D eigenvalue weighted by Crippen LogP contribution is -2.55. The van der Waals surface area contributed by atoms with Gasteiger partial charge in [-0.3, -0.25) is 9.10 Å². The predicted molar refractivity (Wildman–Crippen MR) is 115 cm³/mol. The van der Waals surface area contributed by atoms with Gasteiger partial charge >= 0.3 is 0 Å². The van der Waals surface area contributed by atoms with Crippen LogP contribution in [0.15, 0.2) is 12.3 Å². The molecule has 0 aromatic carbocycles. The van der Waals surface area contributed by atoms with E-state index in [2.05, 4.69) is 20.6 Å². The molecule has 0 radical (unpaired) electrons. The van der Waals surface area contributed by atoms with Crippen molar-refractivity contribution in [3.63, 3.8) is 0 Å². The molecule has 1 amide bonds. The van der Waals surface area contributed by atoms with Gasteiger partial charge in [0.05, 0.1) is 12.2 Å². The molecule has 0 spiro atoms. The summed E-state index contributed by atoms with van der Waals surface area (Å²) < 4.78 is 25.5. The predicted octanol–water partition coefficient (Wildman–Crippen LogP) is 2.36. The Bertz CT molecular complexity index is 850. The van der Waals surface area contributed by atoms with Crippen LogP contribution < -0.4 is 14.9 Å². The van der Waals surface area contributed by atoms with E-state index in [1.165, 1.54) is 10.5 Å². The third kappa shape index (κ3) is 5.12. The second-order valence-electron chi connectivity index (χ2n) is 8.45. The molecule has 4 unspecified atom stereocenters. The first kappa shape index (κ1) is 22.1. The van der Waals surface area contributed by atoms with Crippen molar-refractivity contribution >= 4 is 39.3 Å². The monoisotopic (exact) mass is 443 g/mol. The maximum Gasteiger partial charge on any atom is 0.233 e. The largest absolute Gasteiger partial charge is 0.353 e. The van der Waals surface area contributed by atoms with Crippen LogP contribution >= 0.6 is 11.6 Å². The summed E-state index contributed by atoms with van der Waals surface area (Å²) in [6.45, 7) is 5.50. The van der Waals surface area contributed by atoms with Gasteiger partial charge in [-0.2, -0.15) is 4.98 Å². The fraction of sp³-hybridized carbons (Fsp3) is 0.737. The number of carbonyl (C=O) groups is 1. The fourth-order valence-corrected chi connectivity index (χ4v) is 6.04. The van der Waals surface area contributed by atoms with E-state index in [1.807, 2.05) is 6.92 Å². The van der Waals surface area contributed by atoms with Crippen molar-refractivity contribution in [2.75, 3.05) is 15.9 Å². The number of piperidine rings is 1. The van der Waals surface area contributed by atoms with E-state index < -0.39 is 10.0 Å². The molecule has 2 N–H and O–H groups in total. The number of hydrogen-bond acceptors (Lipinski definition) is 6. The van der Waals surface area contributed by atoms with Gasteiger partial charge in [0.2, 0.25) is 21.9 Å². The second kappa shape index (κ2) is 8.63. The number of anilines is 2. The quantitative estimate of drug-likeness (QED) is 0.654. The molecule has 0 bridgehead atoms. The summed E-state index contributed by atoms with van der Waals surface area (Å²) in [5.41, 5.74) is 0. The summed E-state index contributed by atoms with van der Waals surface area (Å²) in [6, 6.07) is 1.31. The Hall–Kier alpha value is -1.61. The Labute approximate surface area is 177 Å². The van der Waals surface area contributed by atoms with Crippen molar-refractivity contribution in [2.24, 2.45) is 11.8 Å². The second-order valence-corrected chi connectivity index (χ2v) is 10.9. The Kier molecular flexibility index (Phi) is 6.57. The highest BCUT2D eigenvalue weighted by Gasteiger charge is 2.41.